The lowest BCUT2D eigenvalue weighted by Gasteiger charge is -2.46. The molecule has 0 N–H and O–H groups in total. The summed E-state index contributed by atoms with van der Waals surface area (Å²) in [5.41, 5.74) is 0.927. The zero-order chi connectivity index (χ0) is 22.7. The first kappa shape index (κ1) is 23.0. The minimum absolute atomic E-state index is 0.0000677. The maximum absolute atomic E-state index is 13.1. The van der Waals surface area contributed by atoms with Crippen LogP contribution in [0.3, 0.4) is 0 Å². The van der Waals surface area contributed by atoms with Crippen LogP contribution in [0.25, 0.3) is 0 Å². The summed E-state index contributed by atoms with van der Waals surface area (Å²) in [5, 5.41) is 0. The summed E-state index contributed by atoms with van der Waals surface area (Å²) >= 11 is 0. The molecule has 1 saturated carbocycles. The van der Waals surface area contributed by atoms with Crippen LogP contribution in [0, 0.1) is 0 Å². The Hall–Kier alpha value is -2.15. The SMILES string of the molecule is COc1cc(CCCCC2(c3ccccn3)CCOC3(CCCC3)C2)cnc1C(F)(F)F. The van der Waals surface area contributed by atoms with Gasteiger partial charge in [0.05, 0.1) is 12.7 Å². The molecule has 1 spiro atoms. The van der Waals surface area contributed by atoms with Gasteiger partial charge < -0.3 is 9.47 Å². The Labute approximate surface area is 187 Å². The molecule has 1 atom stereocenters. The van der Waals surface area contributed by atoms with E-state index in [4.69, 9.17) is 14.5 Å². The third-order valence-electron chi connectivity index (χ3n) is 7.14. The molecule has 1 saturated heterocycles. The molecular weight excluding hydrogens is 417 g/mol. The highest BCUT2D eigenvalue weighted by Crippen LogP contribution is 2.50. The summed E-state index contributed by atoms with van der Waals surface area (Å²) in [5.74, 6) is -0.215. The van der Waals surface area contributed by atoms with E-state index in [1.165, 1.54) is 32.2 Å². The number of ether oxygens (including phenoxy) is 2. The van der Waals surface area contributed by atoms with Crippen LogP contribution < -0.4 is 4.74 Å². The van der Waals surface area contributed by atoms with Gasteiger partial charge in [0.15, 0.2) is 5.69 Å². The Morgan fingerprint density at radius 2 is 1.91 bits per heavy atom. The second-order valence-corrected chi connectivity index (χ2v) is 9.26. The van der Waals surface area contributed by atoms with E-state index >= 15 is 0 Å². The quantitative estimate of drug-likeness (QED) is 0.468. The first-order valence-corrected chi connectivity index (χ1v) is 11.5. The van der Waals surface area contributed by atoms with Crippen molar-refractivity contribution >= 4 is 0 Å². The van der Waals surface area contributed by atoms with E-state index < -0.39 is 11.9 Å². The molecule has 0 amide bonds. The molecular formula is C25H31F3N2O2. The molecule has 2 aliphatic rings. The predicted molar refractivity (Wildman–Crippen MR) is 116 cm³/mol. The average molecular weight is 449 g/mol. The standard InChI is InChI=1S/C25H31F3N2O2/c1-31-20-16-19(17-30-22(20)25(26,27)28)8-2-4-10-23(21-9-3-7-14-29-21)13-15-32-24(18-23)11-5-6-12-24/h3,7,9,14,16-17H,2,4-6,8,10-13,15,18H2,1H3. The molecule has 32 heavy (non-hydrogen) atoms. The van der Waals surface area contributed by atoms with Crippen LogP contribution in [0.4, 0.5) is 13.2 Å². The Bertz CT molecular complexity index is 898. The van der Waals surface area contributed by atoms with Crippen molar-refractivity contribution in [2.45, 2.75) is 81.4 Å². The molecule has 2 fully saturated rings. The summed E-state index contributed by atoms with van der Waals surface area (Å²) in [6, 6.07) is 7.61. The van der Waals surface area contributed by atoms with E-state index in [2.05, 4.69) is 17.1 Å². The molecule has 0 aromatic carbocycles. The molecule has 7 heteroatoms. The van der Waals surface area contributed by atoms with Crippen LogP contribution in [0.1, 0.15) is 74.7 Å². The molecule has 0 radical (unpaired) electrons. The van der Waals surface area contributed by atoms with Crippen molar-refractivity contribution in [3.8, 4) is 5.75 Å². The zero-order valence-corrected chi connectivity index (χ0v) is 18.6. The van der Waals surface area contributed by atoms with Crippen LogP contribution in [0.5, 0.6) is 5.75 Å². The van der Waals surface area contributed by atoms with E-state index in [1.54, 1.807) is 0 Å². The van der Waals surface area contributed by atoms with Gasteiger partial charge in [-0.15, -0.1) is 0 Å². The molecule has 1 aliphatic heterocycles. The van der Waals surface area contributed by atoms with Gasteiger partial charge in [-0.3, -0.25) is 4.98 Å². The average Bonchev–Trinajstić information content (AvgIpc) is 3.23. The number of aryl methyl sites for hydroxylation is 1. The molecule has 3 heterocycles. The van der Waals surface area contributed by atoms with Gasteiger partial charge >= 0.3 is 6.18 Å². The first-order chi connectivity index (χ1) is 15.4. The normalized spacial score (nSPS) is 22.9. The number of rotatable bonds is 7. The van der Waals surface area contributed by atoms with Gasteiger partial charge in [-0.2, -0.15) is 13.2 Å². The van der Waals surface area contributed by atoms with Crippen molar-refractivity contribution in [2.75, 3.05) is 13.7 Å². The van der Waals surface area contributed by atoms with Crippen LogP contribution in [-0.4, -0.2) is 29.3 Å². The Kier molecular flexibility index (Phi) is 6.75. The number of unbranched alkanes of at least 4 members (excludes halogenated alkanes) is 1. The second kappa shape index (κ2) is 9.38. The van der Waals surface area contributed by atoms with Gasteiger partial charge in [0.1, 0.15) is 5.75 Å². The fraction of sp³-hybridized carbons (Fsp3) is 0.600. The summed E-state index contributed by atoms with van der Waals surface area (Å²) in [6.07, 6.45) is 8.85. The Balaban J connectivity index is 1.43. The molecule has 2 aromatic rings. The van der Waals surface area contributed by atoms with Gasteiger partial charge in [0.2, 0.25) is 0 Å². The maximum Gasteiger partial charge on any atom is 0.437 e. The third kappa shape index (κ3) is 4.92. The minimum atomic E-state index is -4.52. The number of nitrogens with zero attached hydrogens (tertiary/aromatic N) is 2. The maximum atomic E-state index is 13.1. The van der Waals surface area contributed by atoms with E-state index in [0.717, 1.165) is 62.8 Å². The van der Waals surface area contributed by atoms with Crippen molar-refractivity contribution in [1.82, 2.24) is 9.97 Å². The number of hydrogen-bond donors (Lipinski definition) is 0. The van der Waals surface area contributed by atoms with Crippen molar-refractivity contribution in [3.05, 3.63) is 53.6 Å². The van der Waals surface area contributed by atoms with Gasteiger partial charge in [-0.1, -0.05) is 25.3 Å². The lowest BCUT2D eigenvalue weighted by Crippen LogP contribution is -2.46. The van der Waals surface area contributed by atoms with Crippen LogP contribution >= 0.6 is 0 Å². The Morgan fingerprint density at radius 3 is 2.59 bits per heavy atom. The number of aromatic nitrogens is 2. The van der Waals surface area contributed by atoms with Gasteiger partial charge in [0, 0.05) is 30.1 Å². The number of hydrogen-bond acceptors (Lipinski definition) is 4. The molecule has 0 bridgehead atoms. The van der Waals surface area contributed by atoms with E-state index in [1.807, 2.05) is 12.3 Å². The van der Waals surface area contributed by atoms with E-state index in [-0.39, 0.29) is 16.8 Å². The Morgan fingerprint density at radius 1 is 1.09 bits per heavy atom. The number of halogens is 3. The van der Waals surface area contributed by atoms with Crippen molar-refractivity contribution in [3.63, 3.8) is 0 Å². The summed E-state index contributed by atoms with van der Waals surface area (Å²) in [6.45, 7) is 0.761. The molecule has 4 nitrogen and oxygen atoms in total. The van der Waals surface area contributed by atoms with Gasteiger partial charge in [-0.25, -0.2) is 4.98 Å². The number of alkyl halides is 3. The molecule has 1 unspecified atom stereocenters. The van der Waals surface area contributed by atoms with E-state index in [0.29, 0.717) is 6.42 Å². The van der Waals surface area contributed by atoms with Crippen LogP contribution in [0.15, 0.2) is 36.7 Å². The lowest BCUT2D eigenvalue weighted by molar-refractivity contribution is -0.142. The lowest BCUT2D eigenvalue weighted by atomic mass is 9.67. The van der Waals surface area contributed by atoms with Gasteiger partial charge in [0.25, 0.3) is 0 Å². The summed E-state index contributed by atoms with van der Waals surface area (Å²) < 4.78 is 50.4. The first-order valence-electron chi connectivity index (χ1n) is 11.5. The third-order valence-corrected chi connectivity index (χ3v) is 7.14. The van der Waals surface area contributed by atoms with Crippen LogP contribution in [-0.2, 0) is 22.7 Å². The highest BCUT2D eigenvalue weighted by molar-refractivity contribution is 5.33. The molecule has 2 aromatic heterocycles. The molecule has 174 valence electrons. The summed E-state index contributed by atoms with van der Waals surface area (Å²) in [4.78, 5) is 8.35. The van der Waals surface area contributed by atoms with Crippen molar-refractivity contribution in [2.24, 2.45) is 0 Å². The molecule has 1 aliphatic carbocycles. The monoisotopic (exact) mass is 448 g/mol. The molecule has 4 rings (SSSR count). The topological polar surface area (TPSA) is 44.2 Å². The highest BCUT2D eigenvalue weighted by atomic mass is 19.4. The van der Waals surface area contributed by atoms with E-state index in [9.17, 15) is 13.2 Å². The summed E-state index contributed by atoms with van der Waals surface area (Å²) in [7, 11) is 1.25. The van der Waals surface area contributed by atoms with Crippen LogP contribution in [0.2, 0.25) is 0 Å². The highest BCUT2D eigenvalue weighted by Gasteiger charge is 2.48. The zero-order valence-electron chi connectivity index (χ0n) is 18.6. The fourth-order valence-electron chi connectivity index (χ4n) is 5.58. The van der Waals surface area contributed by atoms with Crippen molar-refractivity contribution in [1.29, 1.82) is 0 Å². The predicted octanol–water partition coefficient (Wildman–Crippen LogP) is 6.28. The fourth-order valence-corrected chi connectivity index (χ4v) is 5.58. The smallest absolute Gasteiger partial charge is 0.437 e. The van der Waals surface area contributed by atoms with Crippen molar-refractivity contribution < 1.29 is 22.6 Å². The largest absolute Gasteiger partial charge is 0.494 e. The number of methoxy groups -OCH3 is 1. The van der Waals surface area contributed by atoms with Gasteiger partial charge in [-0.05, 0) is 68.7 Å². The minimum Gasteiger partial charge on any atom is -0.494 e. The second-order valence-electron chi connectivity index (χ2n) is 9.26. The number of pyridine rings is 2.